The lowest BCUT2D eigenvalue weighted by Crippen LogP contribution is -2.16. The monoisotopic (exact) mass is 255 g/mol. The van der Waals surface area contributed by atoms with Crippen molar-refractivity contribution in [3.05, 3.63) is 28.7 Å². The second kappa shape index (κ2) is 5.40. The molecule has 1 aromatic carbocycles. The van der Waals surface area contributed by atoms with E-state index < -0.39 is 0 Å². The van der Waals surface area contributed by atoms with Crippen LogP contribution in [0.3, 0.4) is 0 Å². The van der Waals surface area contributed by atoms with Gasteiger partial charge in [-0.3, -0.25) is 0 Å². The van der Waals surface area contributed by atoms with Crippen molar-refractivity contribution in [2.45, 2.75) is 20.8 Å². The molecule has 1 rings (SSSR count). The Morgan fingerprint density at radius 2 is 1.71 bits per heavy atom. The van der Waals surface area contributed by atoms with Crippen molar-refractivity contribution in [2.24, 2.45) is 11.8 Å². The van der Waals surface area contributed by atoms with Gasteiger partial charge >= 0.3 is 0 Å². The smallest absolute Gasteiger partial charge is 0.0341 e. The van der Waals surface area contributed by atoms with Crippen molar-refractivity contribution in [1.29, 1.82) is 0 Å². The van der Waals surface area contributed by atoms with E-state index in [0.29, 0.717) is 5.92 Å². The molecule has 1 atom stereocenters. The van der Waals surface area contributed by atoms with Crippen LogP contribution in [0, 0.1) is 11.8 Å². The van der Waals surface area contributed by atoms with Gasteiger partial charge in [0.2, 0.25) is 0 Å². The Bertz CT molecular complexity index is 266. The molecule has 0 amide bonds. The SMILES string of the molecule is CC(C)C(C)CNc1ccc(Br)cc1. The zero-order valence-corrected chi connectivity index (χ0v) is 10.6. The molecular formula is C12H18BrN. The molecule has 1 N–H and O–H groups in total. The predicted molar refractivity (Wildman–Crippen MR) is 66.6 cm³/mol. The standard InChI is InChI=1S/C12H18BrN/c1-9(2)10(3)8-14-12-6-4-11(13)5-7-12/h4-7,9-10,14H,8H2,1-3H3. The van der Waals surface area contributed by atoms with E-state index in [-0.39, 0.29) is 0 Å². The van der Waals surface area contributed by atoms with Crippen LogP contribution in [0.4, 0.5) is 5.69 Å². The summed E-state index contributed by atoms with van der Waals surface area (Å²) in [7, 11) is 0. The van der Waals surface area contributed by atoms with Crippen LogP contribution in [0.25, 0.3) is 0 Å². The van der Waals surface area contributed by atoms with Gasteiger partial charge in [-0.15, -0.1) is 0 Å². The second-order valence-electron chi connectivity index (χ2n) is 4.11. The van der Waals surface area contributed by atoms with Crippen LogP contribution in [0.1, 0.15) is 20.8 Å². The van der Waals surface area contributed by atoms with E-state index in [2.05, 4.69) is 66.3 Å². The number of hydrogen-bond donors (Lipinski definition) is 1. The molecule has 0 fully saturated rings. The minimum absolute atomic E-state index is 0.707. The molecule has 0 spiro atoms. The summed E-state index contributed by atoms with van der Waals surface area (Å²) in [5.41, 5.74) is 1.20. The van der Waals surface area contributed by atoms with Crippen molar-refractivity contribution >= 4 is 21.6 Å². The highest BCUT2D eigenvalue weighted by atomic mass is 79.9. The summed E-state index contributed by atoms with van der Waals surface area (Å²) >= 11 is 3.42. The maximum absolute atomic E-state index is 3.43. The molecule has 1 nitrogen and oxygen atoms in total. The fourth-order valence-corrected chi connectivity index (χ4v) is 1.35. The lowest BCUT2D eigenvalue weighted by Gasteiger charge is -2.16. The van der Waals surface area contributed by atoms with E-state index in [1.807, 2.05) is 0 Å². The first-order valence-electron chi connectivity index (χ1n) is 5.09. The predicted octanol–water partition coefficient (Wildman–Crippen LogP) is 4.15. The van der Waals surface area contributed by atoms with Crippen LogP contribution in [0.2, 0.25) is 0 Å². The van der Waals surface area contributed by atoms with Gasteiger partial charge in [0.1, 0.15) is 0 Å². The largest absolute Gasteiger partial charge is 0.385 e. The van der Waals surface area contributed by atoms with E-state index in [1.54, 1.807) is 0 Å². The Kier molecular flexibility index (Phi) is 4.46. The van der Waals surface area contributed by atoms with E-state index in [1.165, 1.54) is 5.69 Å². The van der Waals surface area contributed by atoms with Crippen LogP contribution in [-0.4, -0.2) is 6.54 Å². The summed E-state index contributed by atoms with van der Waals surface area (Å²) in [6, 6.07) is 8.30. The van der Waals surface area contributed by atoms with Gasteiger partial charge in [-0.25, -0.2) is 0 Å². The Morgan fingerprint density at radius 3 is 2.21 bits per heavy atom. The summed E-state index contributed by atoms with van der Waals surface area (Å²) in [6.45, 7) is 7.83. The minimum atomic E-state index is 0.707. The Balaban J connectivity index is 2.42. The van der Waals surface area contributed by atoms with Gasteiger partial charge in [0.15, 0.2) is 0 Å². The third kappa shape index (κ3) is 3.70. The number of nitrogens with one attached hydrogen (secondary N) is 1. The van der Waals surface area contributed by atoms with Crippen LogP contribution in [0.5, 0.6) is 0 Å². The molecule has 0 saturated carbocycles. The lowest BCUT2D eigenvalue weighted by molar-refractivity contribution is 0.440. The summed E-state index contributed by atoms with van der Waals surface area (Å²) in [5.74, 6) is 1.44. The number of rotatable bonds is 4. The van der Waals surface area contributed by atoms with E-state index in [4.69, 9.17) is 0 Å². The highest BCUT2D eigenvalue weighted by Gasteiger charge is 2.05. The lowest BCUT2D eigenvalue weighted by atomic mass is 9.98. The van der Waals surface area contributed by atoms with Crippen LogP contribution >= 0.6 is 15.9 Å². The highest BCUT2D eigenvalue weighted by Crippen LogP contribution is 2.16. The van der Waals surface area contributed by atoms with E-state index >= 15 is 0 Å². The van der Waals surface area contributed by atoms with E-state index in [9.17, 15) is 0 Å². The Labute approximate surface area is 95.0 Å². The number of hydrogen-bond acceptors (Lipinski definition) is 1. The van der Waals surface area contributed by atoms with Gasteiger partial charge < -0.3 is 5.32 Å². The molecule has 1 aromatic rings. The highest BCUT2D eigenvalue weighted by molar-refractivity contribution is 9.10. The van der Waals surface area contributed by atoms with Crippen molar-refractivity contribution in [3.63, 3.8) is 0 Å². The van der Waals surface area contributed by atoms with E-state index in [0.717, 1.165) is 16.9 Å². The van der Waals surface area contributed by atoms with Gasteiger partial charge in [-0.1, -0.05) is 36.7 Å². The van der Waals surface area contributed by atoms with Gasteiger partial charge in [-0.05, 0) is 36.1 Å². The first-order valence-corrected chi connectivity index (χ1v) is 5.88. The molecule has 0 aliphatic heterocycles. The second-order valence-corrected chi connectivity index (χ2v) is 5.02. The Morgan fingerprint density at radius 1 is 1.14 bits per heavy atom. The van der Waals surface area contributed by atoms with Crippen molar-refractivity contribution in [2.75, 3.05) is 11.9 Å². The molecule has 78 valence electrons. The van der Waals surface area contributed by atoms with Crippen LogP contribution in [0.15, 0.2) is 28.7 Å². The molecule has 1 unspecified atom stereocenters. The molecule has 0 radical (unpaired) electrons. The number of anilines is 1. The normalized spacial score (nSPS) is 12.9. The molecular weight excluding hydrogens is 238 g/mol. The summed E-state index contributed by atoms with van der Waals surface area (Å²) in [6.07, 6.45) is 0. The van der Waals surface area contributed by atoms with Gasteiger partial charge in [-0.2, -0.15) is 0 Å². The van der Waals surface area contributed by atoms with Crippen molar-refractivity contribution < 1.29 is 0 Å². The average Bonchev–Trinajstić information content (AvgIpc) is 2.16. The fraction of sp³-hybridized carbons (Fsp3) is 0.500. The topological polar surface area (TPSA) is 12.0 Å². The van der Waals surface area contributed by atoms with Gasteiger partial charge in [0.25, 0.3) is 0 Å². The summed E-state index contributed by atoms with van der Waals surface area (Å²) in [4.78, 5) is 0. The minimum Gasteiger partial charge on any atom is -0.385 e. The Hall–Kier alpha value is -0.500. The molecule has 0 heterocycles. The molecule has 0 saturated heterocycles. The van der Waals surface area contributed by atoms with Gasteiger partial charge in [0.05, 0.1) is 0 Å². The molecule has 0 aliphatic carbocycles. The summed E-state index contributed by atoms with van der Waals surface area (Å²) < 4.78 is 1.12. The zero-order valence-electron chi connectivity index (χ0n) is 9.05. The number of halogens is 1. The maximum Gasteiger partial charge on any atom is 0.0341 e. The van der Waals surface area contributed by atoms with Crippen molar-refractivity contribution in [1.82, 2.24) is 0 Å². The quantitative estimate of drug-likeness (QED) is 0.853. The third-order valence-electron chi connectivity index (χ3n) is 2.61. The summed E-state index contributed by atoms with van der Waals surface area (Å²) in [5, 5.41) is 3.43. The van der Waals surface area contributed by atoms with Crippen molar-refractivity contribution in [3.8, 4) is 0 Å². The molecule has 14 heavy (non-hydrogen) atoms. The number of benzene rings is 1. The first kappa shape index (κ1) is 11.6. The molecule has 0 aromatic heterocycles. The maximum atomic E-state index is 3.43. The molecule has 0 bridgehead atoms. The molecule has 2 heteroatoms. The first-order chi connectivity index (χ1) is 6.59. The van der Waals surface area contributed by atoms with Crippen LogP contribution < -0.4 is 5.32 Å². The van der Waals surface area contributed by atoms with Crippen LogP contribution in [-0.2, 0) is 0 Å². The van der Waals surface area contributed by atoms with Gasteiger partial charge in [0, 0.05) is 16.7 Å². The molecule has 0 aliphatic rings. The third-order valence-corrected chi connectivity index (χ3v) is 3.14. The zero-order chi connectivity index (χ0) is 10.6. The fourth-order valence-electron chi connectivity index (χ4n) is 1.08. The average molecular weight is 256 g/mol.